The maximum atomic E-state index is 6.17. The van der Waals surface area contributed by atoms with Gasteiger partial charge in [0.1, 0.15) is 11.1 Å². The monoisotopic (exact) mass is 398 g/mol. The van der Waals surface area contributed by atoms with Crippen molar-refractivity contribution < 1.29 is 4.74 Å². The molecule has 126 valence electrons. The number of hydrogen-bond acceptors (Lipinski definition) is 3. The average molecular weight is 399 g/mol. The van der Waals surface area contributed by atoms with Gasteiger partial charge in [0.25, 0.3) is 0 Å². The molecule has 0 radical (unpaired) electrons. The van der Waals surface area contributed by atoms with Crippen molar-refractivity contribution in [1.82, 2.24) is 4.90 Å². The standard InChI is InChI=1S/C17H16Cl2N2OS2/c1-22-15-7-6-13(10-14(15)19)20-17(23)21-8-9-24-16(21)11-2-4-12(18)5-3-11/h2-7,10,16H,8-9H2,1H3,(H,20,23)/t16-/m1/s1. The number of ether oxygens (including phenoxy) is 1. The molecule has 0 saturated carbocycles. The summed E-state index contributed by atoms with van der Waals surface area (Å²) in [6.45, 7) is 0.897. The van der Waals surface area contributed by atoms with E-state index in [1.807, 2.05) is 54.2 Å². The summed E-state index contributed by atoms with van der Waals surface area (Å²) < 4.78 is 5.17. The van der Waals surface area contributed by atoms with Crippen molar-refractivity contribution in [2.75, 3.05) is 24.7 Å². The fourth-order valence-corrected chi connectivity index (χ4v) is 4.55. The van der Waals surface area contributed by atoms with Gasteiger partial charge in [-0.25, -0.2) is 0 Å². The molecule has 2 aromatic rings. The molecule has 1 N–H and O–H groups in total. The molecule has 1 heterocycles. The first kappa shape index (κ1) is 17.7. The SMILES string of the molecule is COc1ccc(NC(=S)N2CCS[C@@H]2c2ccc(Cl)cc2)cc1Cl. The van der Waals surface area contributed by atoms with Gasteiger partial charge < -0.3 is 15.0 Å². The van der Waals surface area contributed by atoms with Crippen LogP contribution in [0.15, 0.2) is 42.5 Å². The molecule has 7 heteroatoms. The van der Waals surface area contributed by atoms with Crippen LogP contribution in [0.4, 0.5) is 5.69 Å². The lowest BCUT2D eigenvalue weighted by Crippen LogP contribution is -2.34. The van der Waals surface area contributed by atoms with E-state index in [9.17, 15) is 0 Å². The molecular formula is C17H16Cl2N2OS2. The second-order valence-corrected chi connectivity index (χ2v) is 7.67. The number of methoxy groups -OCH3 is 1. The van der Waals surface area contributed by atoms with Crippen molar-refractivity contribution in [2.24, 2.45) is 0 Å². The summed E-state index contributed by atoms with van der Waals surface area (Å²) in [5.74, 6) is 1.67. The first-order valence-electron chi connectivity index (χ1n) is 7.36. The molecular weight excluding hydrogens is 383 g/mol. The molecule has 0 spiro atoms. The van der Waals surface area contributed by atoms with Crippen molar-refractivity contribution in [3.05, 3.63) is 58.1 Å². The third-order valence-corrected chi connectivity index (χ3v) is 5.85. The minimum absolute atomic E-state index is 0.191. The average Bonchev–Trinajstić information content (AvgIpc) is 3.05. The lowest BCUT2D eigenvalue weighted by molar-refractivity contribution is 0.415. The minimum atomic E-state index is 0.191. The Balaban J connectivity index is 1.74. The number of thiocarbonyl (C=S) groups is 1. The quantitative estimate of drug-likeness (QED) is 0.693. The largest absolute Gasteiger partial charge is 0.495 e. The zero-order chi connectivity index (χ0) is 17.1. The molecule has 1 aliphatic heterocycles. The van der Waals surface area contributed by atoms with E-state index in [-0.39, 0.29) is 5.37 Å². The number of halogens is 2. The van der Waals surface area contributed by atoms with Gasteiger partial charge in [-0.3, -0.25) is 0 Å². The van der Waals surface area contributed by atoms with Gasteiger partial charge >= 0.3 is 0 Å². The Hall–Kier alpha value is -1.14. The van der Waals surface area contributed by atoms with Crippen molar-refractivity contribution in [2.45, 2.75) is 5.37 Å². The van der Waals surface area contributed by atoms with Crippen molar-refractivity contribution >= 4 is 58.0 Å². The third-order valence-electron chi connectivity index (χ3n) is 3.71. The highest BCUT2D eigenvalue weighted by Crippen LogP contribution is 2.38. The van der Waals surface area contributed by atoms with Crippen LogP contribution in [0.3, 0.4) is 0 Å². The Labute approximate surface area is 161 Å². The van der Waals surface area contributed by atoms with Crippen LogP contribution in [0.5, 0.6) is 5.75 Å². The molecule has 0 aliphatic carbocycles. The van der Waals surface area contributed by atoms with E-state index in [1.54, 1.807) is 7.11 Å². The van der Waals surface area contributed by atoms with Gasteiger partial charge in [0.05, 0.1) is 12.1 Å². The van der Waals surface area contributed by atoms with Gasteiger partial charge in [-0.15, -0.1) is 11.8 Å². The number of anilines is 1. The maximum absolute atomic E-state index is 6.17. The molecule has 3 nitrogen and oxygen atoms in total. The number of hydrogen-bond donors (Lipinski definition) is 1. The molecule has 0 amide bonds. The highest BCUT2D eigenvalue weighted by Gasteiger charge is 2.28. The number of nitrogens with one attached hydrogen (secondary N) is 1. The zero-order valence-electron chi connectivity index (χ0n) is 13.0. The molecule has 2 aromatic carbocycles. The molecule has 1 atom stereocenters. The molecule has 1 saturated heterocycles. The predicted octanol–water partition coefficient (Wildman–Crippen LogP) is 5.45. The number of rotatable bonds is 3. The first-order chi connectivity index (χ1) is 11.6. The lowest BCUT2D eigenvalue weighted by atomic mass is 10.2. The van der Waals surface area contributed by atoms with E-state index in [1.165, 1.54) is 5.56 Å². The van der Waals surface area contributed by atoms with E-state index in [0.29, 0.717) is 15.9 Å². The van der Waals surface area contributed by atoms with Crippen molar-refractivity contribution in [1.29, 1.82) is 0 Å². The third kappa shape index (κ3) is 3.91. The number of benzene rings is 2. The van der Waals surface area contributed by atoms with Crippen molar-refractivity contribution in [3.8, 4) is 5.75 Å². The van der Waals surface area contributed by atoms with Gasteiger partial charge in [0.2, 0.25) is 0 Å². The van der Waals surface area contributed by atoms with E-state index in [2.05, 4.69) is 10.2 Å². The summed E-state index contributed by atoms with van der Waals surface area (Å²) in [6.07, 6.45) is 0. The Morgan fingerprint density at radius 2 is 2.00 bits per heavy atom. The summed E-state index contributed by atoms with van der Waals surface area (Å²) in [5, 5.41) is 5.43. The molecule has 1 aliphatic rings. The summed E-state index contributed by atoms with van der Waals surface area (Å²) >= 11 is 19.6. The Kier molecular flexibility index (Phi) is 5.76. The fraction of sp³-hybridized carbons (Fsp3) is 0.235. The molecule has 0 aromatic heterocycles. The molecule has 0 unspecified atom stereocenters. The molecule has 24 heavy (non-hydrogen) atoms. The second kappa shape index (κ2) is 7.83. The van der Waals surface area contributed by atoms with Crippen LogP contribution in [0, 0.1) is 0 Å². The predicted molar refractivity (Wildman–Crippen MR) is 108 cm³/mol. The van der Waals surface area contributed by atoms with Crippen LogP contribution in [0.25, 0.3) is 0 Å². The van der Waals surface area contributed by atoms with E-state index in [4.69, 9.17) is 40.2 Å². The van der Waals surface area contributed by atoms with Gasteiger partial charge in [-0.1, -0.05) is 35.3 Å². The number of thioether (sulfide) groups is 1. The fourth-order valence-electron chi connectivity index (χ4n) is 2.52. The maximum Gasteiger partial charge on any atom is 0.174 e. The summed E-state index contributed by atoms with van der Waals surface area (Å²) in [6, 6.07) is 13.4. The van der Waals surface area contributed by atoms with E-state index >= 15 is 0 Å². The summed E-state index contributed by atoms with van der Waals surface area (Å²) in [5.41, 5.74) is 2.04. The van der Waals surface area contributed by atoms with Gasteiger partial charge in [0.15, 0.2) is 5.11 Å². The van der Waals surface area contributed by atoms with Crippen LogP contribution < -0.4 is 10.1 Å². The minimum Gasteiger partial charge on any atom is -0.495 e. The Morgan fingerprint density at radius 1 is 1.25 bits per heavy atom. The summed E-state index contributed by atoms with van der Waals surface area (Å²) in [7, 11) is 1.59. The highest BCUT2D eigenvalue weighted by atomic mass is 35.5. The van der Waals surface area contributed by atoms with Crippen molar-refractivity contribution in [3.63, 3.8) is 0 Å². The van der Waals surface area contributed by atoms with E-state index in [0.717, 1.165) is 23.0 Å². The van der Waals surface area contributed by atoms with Gasteiger partial charge in [-0.2, -0.15) is 0 Å². The molecule has 0 bridgehead atoms. The molecule has 1 fully saturated rings. The van der Waals surface area contributed by atoms with E-state index < -0.39 is 0 Å². The molecule has 3 rings (SSSR count). The zero-order valence-corrected chi connectivity index (χ0v) is 16.1. The van der Waals surface area contributed by atoms with Gasteiger partial charge in [-0.05, 0) is 48.1 Å². The van der Waals surface area contributed by atoms with Crippen LogP contribution in [-0.4, -0.2) is 29.4 Å². The first-order valence-corrected chi connectivity index (χ1v) is 9.58. The van der Waals surface area contributed by atoms with Crippen LogP contribution >= 0.6 is 47.2 Å². The lowest BCUT2D eigenvalue weighted by Gasteiger charge is -2.27. The Bertz CT molecular complexity index is 740. The smallest absolute Gasteiger partial charge is 0.174 e. The second-order valence-electron chi connectivity index (χ2n) is 5.25. The topological polar surface area (TPSA) is 24.5 Å². The van der Waals surface area contributed by atoms with Crippen LogP contribution in [0.1, 0.15) is 10.9 Å². The van der Waals surface area contributed by atoms with Gasteiger partial charge in [0, 0.05) is 23.0 Å². The van der Waals surface area contributed by atoms with Crippen LogP contribution in [0.2, 0.25) is 10.0 Å². The van der Waals surface area contributed by atoms with Crippen LogP contribution in [-0.2, 0) is 0 Å². The highest BCUT2D eigenvalue weighted by molar-refractivity contribution is 7.99. The normalized spacial score (nSPS) is 17.0. The summed E-state index contributed by atoms with van der Waals surface area (Å²) in [4.78, 5) is 2.18. The Morgan fingerprint density at radius 3 is 2.67 bits per heavy atom. The number of nitrogens with zero attached hydrogens (tertiary/aromatic N) is 1.